The van der Waals surface area contributed by atoms with Crippen LogP contribution in [0.3, 0.4) is 0 Å². The highest BCUT2D eigenvalue weighted by Crippen LogP contribution is 2.32. The number of nitrogens with two attached hydrogens (primary N) is 1. The molecule has 1 aromatic heterocycles. The third-order valence-corrected chi connectivity index (χ3v) is 3.26. The SMILES string of the molecule is CC(N)C(N1CCn2c(nnc2C(F)(F)F)C1)C(F)(F)F. The first-order chi connectivity index (χ1) is 9.51. The Morgan fingerprint density at radius 2 is 1.71 bits per heavy atom. The molecule has 21 heavy (non-hydrogen) atoms. The predicted molar refractivity (Wildman–Crippen MR) is 58.9 cm³/mol. The van der Waals surface area contributed by atoms with Gasteiger partial charge in [-0.15, -0.1) is 10.2 Å². The Kier molecular flexibility index (Phi) is 3.91. The van der Waals surface area contributed by atoms with Gasteiger partial charge in [0.2, 0.25) is 5.82 Å². The van der Waals surface area contributed by atoms with Crippen molar-refractivity contribution < 1.29 is 26.3 Å². The molecule has 0 bridgehead atoms. The molecule has 0 amide bonds. The first-order valence-electron chi connectivity index (χ1n) is 6.07. The molecular weight excluding hydrogens is 304 g/mol. The van der Waals surface area contributed by atoms with E-state index in [0.717, 1.165) is 9.47 Å². The van der Waals surface area contributed by atoms with Crippen molar-refractivity contribution in [2.45, 2.75) is 44.4 Å². The summed E-state index contributed by atoms with van der Waals surface area (Å²) in [6, 6.07) is -3.14. The van der Waals surface area contributed by atoms with Gasteiger partial charge in [-0.05, 0) is 6.92 Å². The van der Waals surface area contributed by atoms with E-state index in [2.05, 4.69) is 10.2 Å². The molecule has 0 saturated carbocycles. The van der Waals surface area contributed by atoms with Gasteiger partial charge in [0, 0.05) is 19.1 Å². The Morgan fingerprint density at radius 1 is 1.10 bits per heavy atom. The second-order valence-electron chi connectivity index (χ2n) is 4.91. The highest BCUT2D eigenvalue weighted by atomic mass is 19.4. The number of rotatable bonds is 2. The monoisotopic (exact) mass is 317 g/mol. The van der Waals surface area contributed by atoms with Gasteiger partial charge in [-0.25, -0.2) is 0 Å². The van der Waals surface area contributed by atoms with Crippen LogP contribution in [0.4, 0.5) is 26.3 Å². The summed E-state index contributed by atoms with van der Waals surface area (Å²) in [7, 11) is 0. The first kappa shape index (κ1) is 16.0. The van der Waals surface area contributed by atoms with Crippen molar-refractivity contribution in [3.63, 3.8) is 0 Å². The van der Waals surface area contributed by atoms with Crippen LogP contribution >= 0.6 is 0 Å². The number of hydrogen-bond acceptors (Lipinski definition) is 4. The minimum atomic E-state index is -4.68. The van der Waals surface area contributed by atoms with Crippen LogP contribution in [0.2, 0.25) is 0 Å². The number of fused-ring (bicyclic) bond motifs is 1. The van der Waals surface area contributed by atoms with Crippen molar-refractivity contribution in [2.75, 3.05) is 6.54 Å². The lowest BCUT2D eigenvalue weighted by molar-refractivity contribution is -0.192. The highest BCUT2D eigenvalue weighted by Gasteiger charge is 2.48. The van der Waals surface area contributed by atoms with Crippen molar-refractivity contribution in [3.8, 4) is 0 Å². The van der Waals surface area contributed by atoms with Crippen molar-refractivity contribution in [3.05, 3.63) is 11.6 Å². The summed E-state index contributed by atoms with van der Waals surface area (Å²) in [6.07, 6.45) is -9.25. The van der Waals surface area contributed by atoms with Crippen LogP contribution in [-0.4, -0.2) is 44.5 Å². The Morgan fingerprint density at radius 3 is 2.19 bits per heavy atom. The van der Waals surface area contributed by atoms with Crippen molar-refractivity contribution in [1.29, 1.82) is 0 Å². The van der Waals surface area contributed by atoms with Gasteiger partial charge in [0.25, 0.3) is 0 Å². The summed E-state index contributed by atoms with van der Waals surface area (Å²) in [5.74, 6) is -1.34. The third-order valence-electron chi connectivity index (χ3n) is 3.26. The van der Waals surface area contributed by atoms with Gasteiger partial charge in [0.1, 0.15) is 11.9 Å². The zero-order valence-electron chi connectivity index (χ0n) is 10.9. The molecule has 2 heterocycles. The van der Waals surface area contributed by atoms with Gasteiger partial charge in [-0.2, -0.15) is 26.3 Å². The molecule has 11 heteroatoms. The first-order valence-corrected chi connectivity index (χ1v) is 6.07. The Hall–Kier alpha value is -1.36. The van der Waals surface area contributed by atoms with Gasteiger partial charge in [-0.1, -0.05) is 0 Å². The number of aromatic nitrogens is 3. The van der Waals surface area contributed by atoms with Crippen LogP contribution in [0.25, 0.3) is 0 Å². The summed E-state index contributed by atoms with van der Waals surface area (Å²) in [4.78, 5) is 0.981. The quantitative estimate of drug-likeness (QED) is 0.838. The maximum absolute atomic E-state index is 13.0. The fourth-order valence-corrected chi connectivity index (χ4v) is 2.46. The largest absolute Gasteiger partial charge is 0.451 e. The fraction of sp³-hybridized carbons (Fsp3) is 0.800. The molecule has 2 rings (SSSR count). The number of hydrogen-bond donors (Lipinski definition) is 1. The second-order valence-corrected chi connectivity index (χ2v) is 4.91. The lowest BCUT2D eigenvalue weighted by Gasteiger charge is -2.37. The van der Waals surface area contributed by atoms with E-state index in [1.807, 2.05) is 0 Å². The van der Waals surface area contributed by atoms with Crippen LogP contribution < -0.4 is 5.73 Å². The molecule has 5 nitrogen and oxygen atoms in total. The maximum atomic E-state index is 13.0. The molecule has 1 aliphatic heterocycles. The normalized spacial score (nSPS) is 20.2. The zero-order valence-corrected chi connectivity index (χ0v) is 10.9. The Labute approximate surface area is 115 Å². The maximum Gasteiger partial charge on any atom is 0.451 e. The van der Waals surface area contributed by atoms with E-state index < -0.39 is 30.3 Å². The van der Waals surface area contributed by atoms with Gasteiger partial charge in [0.15, 0.2) is 0 Å². The molecule has 2 unspecified atom stereocenters. The lowest BCUT2D eigenvalue weighted by atomic mass is 10.1. The molecule has 0 fully saturated rings. The van der Waals surface area contributed by atoms with Gasteiger partial charge < -0.3 is 10.3 Å². The summed E-state index contributed by atoms with van der Waals surface area (Å²) in [6.45, 7) is 0.351. The third kappa shape index (κ3) is 3.12. The van der Waals surface area contributed by atoms with E-state index in [-0.39, 0.29) is 25.5 Å². The Balaban J connectivity index is 2.26. The Bertz CT molecular complexity index is 505. The molecular formula is C10H13F6N5. The molecule has 1 aromatic rings. The zero-order chi connectivity index (χ0) is 16.0. The van der Waals surface area contributed by atoms with Crippen molar-refractivity contribution in [1.82, 2.24) is 19.7 Å². The number of alkyl halides is 6. The van der Waals surface area contributed by atoms with E-state index in [9.17, 15) is 26.3 Å². The van der Waals surface area contributed by atoms with Gasteiger partial charge in [-0.3, -0.25) is 4.90 Å². The topological polar surface area (TPSA) is 60.0 Å². The van der Waals surface area contributed by atoms with E-state index >= 15 is 0 Å². The van der Waals surface area contributed by atoms with Crippen molar-refractivity contribution >= 4 is 0 Å². The second kappa shape index (κ2) is 5.13. The van der Waals surface area contributed by atoms with Crippen LogP contribution in [0, 0.1) is 0 Å². The molecule has 0 saturated heterocycles. The number of halogens is 6. The molecule has 2 N–H and O–H groups in total. The van der Waals surface area contributed by atoms with E-state index in [4.69, 9.17) is 5.73 Å². The van der Waals surface area contributed by atoms with E-state index in [1.165, 1.54) is 6.92 Å². The summed E-state index contributed by atoms with van der Waals surface area (Å²) in [5, 5.41) is 6.36. The van der Waals surface area contributed by atoms with Crippen LogP contribution in [0.1, 0.15) is 18.6 Å². The lowest BCUT2D eigenvalue weighted by Crippen LogP contribution is -2.56. The highest BCUT2D eigenvalue weighted by molar-refractivity contribution is 5.03. The van der Waals surface area contributed by atoms with Gasteiger partial charge >= 0.3 is 12.4 Å². The molecule has 2 atom stereocenters. The molecule has 0 spiro atoms. The minimum absolute atomic E-state index is 0.150. The molecule has 0 aromatic carbocycles. The summed E-state index contributed by atoms with van der Waals surface area (Å²) in [5.41, 5.74) is 5.36. The van der Waals surface area contributed by atoms with Crippen LogP contribution in [0.5, 0.6) is 0 Å². The van der Waals surface area contributed by atoms with E-state index in [1.54, 1.807) is 0 Å². The van der Waals surface area contributed by atoms with Crippen LogP contribution in [-0.2, 0) is 19.3 Å². The molecule has 120 valence electrons. The smallest absolute Gasteiger partial charge is 0.326 e. The minimum Gasteiger partial charge on any atom is -0.326 e. The summed E-state index contributed by atoms with van der Waals surface area (Å²) >= 11 is 0. The average Bonchev–Trinajstić information content (AvgIpc) is 2.68. The predicted octanol–water partition coefficient (Wildman–Crippen LogP) is 1.39. The average molecular weight is 317 g/mol. The standard InChI is InChI=1S/C10H13F6N5/c1-5(17)7(9(11,12)13)20-2-3-21-6(4-20)18-19-8(21)10(14,15)16/h5,7H,2-4,17H2,1H3. The van der Waals surface area contributed by atoms with E-state index in [0.29, 0.717) is 0 Å². The fourth-order valence-electron chi connectivity index (χ4n) is 2.46. The van der Waals surface area contributed by atoms with Gasteiger partial charge in [0.05, 0.1) is 6.54 Å². The molecule has 1 aliphatic rings. The number of nitrogens with zero attached hydrogens (tertiary/aromatic N) is 4. The van der Waals surface area contributed by atoms with Crippen molar-refractivity contribution in [2.24, 2.45) is 5.73 Å². The molecule has 0 radical (unpaired) electrons. The van der Waals surface area contributed by atoms with Crippen LogP contribution in [0.15, 0.2) is 0 Å². The summed E-state index contributed by atoms with van der Waals surface area (Å²) < 4.78 is 77.7. The molecule has 0 aliphatic carbocycles.